The monoisotopic (exact) mass is 376 g/mol. The van der Waals surface area contributed by atoms with Gasteiger partial charge in [-0.25, -0.2) is 17.5 Å². The van der Waals surface area contributed by atoms with Crippen molar-refractivity contribution in [3.8, 4) is 0 Å². The fourth-order valence-electron chi connectivity index (χ4n) is 3.34. The molecule has 0 radical (unpaired) electrons. The van der Waals surface area contributed by atoms with Crippen LogP contribution in [0.15, 0.2) is 42.5 Å². The molecule has 1 heterocycles. The van der Waals surface area contributed by atoms with Crippen molar-refractivity contribution < 1.29 is 12.8 Å². The summed E-state index contributed by atoms with van der Waals surface area (Å²) in [5.41, 5.74) is 3.69. The van der Waals surface area contributed by atoms with E-state index in [9.17, 15) is 12.8 Å². The van der Waals surface area contributed by atoms with Gasteiger partial charge in [-0.05, 0) is 61.6 Å². The van der Waals surface area contributed by atoms with Gasteiger partial charge in [-0.1, -0.05) is 30.3 Å². The van der Waals surface area contributed by atoms with Crippen molar-refractivity contribution in [2.45, 2.75) is 38.8 Å². The molecule has 0 spiro atoms. The lowest BCUT2D eigenvalue weighted by Gasteiger charge is -2.20. The maximum atomic E-state index is 14.5. The zero-order chi connectivity index (χ0) is 18.6. The second-order valence-corrected chi connectivity index (χ2v) is 8.76. The molecule has 1 aliphatic heterocycles. The van der Waals surface area contributed by atoms with Crippen molar-refractivity contribution in [2.24, 2.45) is 0 Å². The maximum Gasteiger partial charge on any atom is 0.211 e. The van der Waals surface area contributed by atoms with Crippen LogP contribution in [0.5, 0.6) is 0 Å². The van der Waals surface area contributed by atoms with Gasteiger partial charge >= 0.3 is 0 Å². The van der Waals surface area contributed by atoms with Crippen LogP contribution in [0.1, 0.15) is 41.6 Å². The largest absolute Gasteiger partial charge is 0.310 e. The van der Waals surface area contributed by atoms with Crippen LogP contribution in [0.4, 0.5) is 4.39 Å². The molecule has 0 amide bonds. The van der Waals surface area contributed by atoms with E-state index in [1.165, 1.54) is 5.56 Å². The lowest BCUT2D eigenvalue weighted by molar-refractivity contribution is 0.537. The van der Waals surface area contributed by atoms with Crippen molar-refractivity contribution in [1.29, 1.82) is 0 Å². The van der Waals surface area contributed by atoms with Crippen LogP contribution in [0.2, 0.25) is 0 Å². The average molecular weight is 376 g/mol. The number of hydrogen-bond donors (Lipinski definition) is 2. The third-order valence-electron chi connectivity index (χ3n) is 4.84. The van der Waals surface area contributed by atoms with E-state index >= 15 is 0 Å². The molecule has 26 heavy (non-hydrogen) atoms. The predicted octanol–water partition coefficient (Wildman–Crippen LogP) is 3.08. The molecule has 1 aliphatic rings. The Kier molecular flexibility index (Phi) is 6.06. The fraction of sp³-hybridized carbons (Fsp3) is 0.400. The Morgan fingerprint density at radius 3 is 2.73 bits per heavy atom. The Bertz CT molecular complexity index is 854. The molecular formula is C20H25FN2O2S. The number of benzene rings is 2. The highest BCUT2D eigenvalue weighted by molar-refractivity contribution is 7.89. The van der Waals surface area contributed by atoms with Crippen molar-refractivity contribution in [3.05, 3.63) is 70.5 Å². The molecule has 4 nitrogen and oxygen atoms in total. The third-order valence-corrected chi connectivity index (χ3v) is 6.19. The summed E-state index contributed by atoms with van der Waals surface area (Å²) in [5.74, 6) is -0.361. The van der Waals surface area contributed by atoms with E-state index < -0.39 is 10.0 Å². The van der Waals surface area contributed by atoms with E-state index in [0.717, 1.165) is 36.9 Å². The Morgan fingerprint density at radius 1 is 1.23 bits per heavy atom. The van der Waals surface area contributed by atoms with Crippen molar-refractivity contribution in [1.82, 2.24) is 10.0 Å². The molecule has 140 valence electrons. The third kappa shape index (κ3) is 4.69. The molecule has 2 N–H and O–H groups in total. The molecule has 0 saturated carbocycles. The summed E-state index contributed by atoms with van der Waals surface area (Å²) < 4.78 is 40.3. The number of hydrogen-bond acceptors (Lipinski definition) is 3. The van der Waals surface area contributed by atoms with E-state index in [0.29, 0.717) is 5.56 Å². The highest BCUT2D eigenvalue weighted by Gasteiger charge is 2.21. The fourth-order valence-corrected chi connectivity index (χ4v) is 3.92. The first kappa shape index (κ1) is 19.0. The minimum absolute atomic E-state index is 0.0161. The van der Waals surface area contributed by atoms with Gasteiger partial charge in [-0.15, -0.1) is 0 Å². The molecule has 0 aromatic heterocycles. The highest BCUT2D eigenvalue weighted by Crippen LogP contribution is 2.28. The van der Waals surface area contributed by atoms with Crippen molar-refractivity contribution in [3.63, 3.8) is 0 Å². The second kappa shape index (κ2) is 8.29. The van der Waals surface area contributed by atoms with Gasteiger partial charge in [-0.2, -0.15) is 0 Å². The standard InChI is InChI=1S/C20H25FN2O2S/c1-2-26(24,25)23-14-17-12-18-16(13-19(17)21)9-6-10-22-20(18)11-15-7-4-3-5-8-15/h3-5,7-8,12-13,20,22-23H,2,6,9-11,14H2,1H3. The number of fused-ring (bicyclic) bond motifs is 1. The molecule has 1 atom stereocenters. The maximum absolute atomic E-state index is 14.5. The summed E-state index contributed by atoms with van der Waals surface area (Å²) in [6.07, 6.45) is 2.60. The number of halogens is 1. The van der Waals surface area contributed by atoms with E-state index in [1.54, 1.807) is 13.0 Å². The summed E-state index contributed by atoms with van der Waals surface area (Å²) in [6.45, 7) is 2.43. The molecule has 6 heteroatoms. The summed E-state index contributed by atoms with van der Waals surface area (Å²) in [4.78, 5) is 0. The first-order valence-electron chi connectivity index (χ1n) is 9.04. The van der Waals surface area contributed by atoms with Crippen LogP contribution >= 0.6 is 0 Å². The van der Waals surface area contributed by atoms with E-state index in [1.807, 2.05) is 24.3 Å². The van der Waals surface area contributed by atoms with Crippen LogP contribution < -0.4 is 10.0 Å². The Hall–Kier alpha value is -1.76. The van der Waals surface area contributed by atoms with Gasteiger partial charge in [0.15, 0.2) is 0 Å². The summed E-state index contributed by atoms with van der Waals surface area (Å²) in [5, 5.41) is 3.56. The molecule has 0 bridgehead atoms. The lowest BCUT2D eigenvalue weighted by Crippen LogP contribution is -2.26. The molecule has 1 unspecified atom stereocenters. The van der Waals surface area contributed by atoms with Gasteiger partial charge < -0.3 is 5.32 Å². The molecule has 0 aliphatic carbocycles. The van der Waals surface area contributed by atoms with Crippen LogP contribution in [-0.4, -0.2) is 20.7 Å². The second-order valence-electron chi connectivity index (χ2n) is 6.67. The van der Waals surface area contributed by atoms with Crippen LogP contribution in [0, 0.1) is 5.82 Å². The zero-order valence-corrected chi connectivity index (χ0v) is 15.8. The first-order valence-corrected chi connectivity index (χ1v) is 10.7. The topological polar surface area (TPSA) is 58.2 Å². The number of aryl methyl sites for hydroxylation is 1. The summed E-state index contributed by atoms with van der Waals surface area (Å²) in [6, 6.07) is 13.7. The Balaban J connectivity index is 1.89. The lowest BCUT2D eigenvalue weighted by atomic mass is 9.92. The smallest absolute Gasteiger partial charge is 0.211 e. The average Bonchev–Trinajstić information content (AvgIpc) is 2.82. The molecule has 0 fully saturated rings. The zero-order valence-electron chi connectivity index (χ0n) is 15.0. The number of sulfonamides is 1. The van der Waals surface area contributed by atoms with Gasteiger partial charge in [0.2, 0.25) is 10.0 Å². The van der Waals surface area contributed by atoms with Crippen molar-refractivity contribution >= 4 is 10.0 Å². The van der Waals surface area contributed by atoms with Crippen LogP contribution in [0.25, 0.3) is 0 Å². The van der Waals surface area contributed by atoms with E-state index in [2.05, 4.69) is 22.2 Å². The normalized spacial score (nSPS) is 17.5. The highest BCUT2D eigenvalue weighted by atomic mass is 32.2. The van der Waals surface area contributed by atoms with Crippen molar-refractivity contribution in [2.75, 3.05) is 12.3 Å². The molecular weight excluding hydrogens is 351 g/mol. The van der Waals surface area contributed by atoms with Gasteiger partial charge in [0.1, 0.15) is 5.82 Å². The van der Waals surface area contributed by atoms with Gasteiger partial charge in [-0.3, -0.25) is 0 Å². The van der Waals surface area contributed by atoms with E-state index in [4.69, 9.17) is 0 Å². The number of rotatable bonds is 6. The SMILES string of the molecule is CCS(=O)(=O)NCc1cc2c(cc1F)CCCNC2Cc1ccccc1. The number of nitrogens with one attached hydrogen (secondary N) is 2. The van der Waals surface area contributed by atoms with Gasteiger partial charge in [0.05, 0.1) is 5.75 Å². The van der Waals surface area contributed by atoms with Gasteiger partial charge in [0, 0.05) is 18.2 Å². The molecule has 2 aromatic carbocycles. The minimum Gasteiger partial charge on any atom is -0.310 e. The minimum atomic E-state index is -3.36. The van der Waals surface area contributed by atoms with Gasteiger partial charge in [0.25, 0.3) is 0 Å². The van der Waals surface area contributed by atoms with Crippen LogP contribution in [0.3, 0.4) is 0 Å². The first-order chi connectivity index (χ1) is 12.5. The Labute approximate surface area is 154 Å². The van der Waals surface area contributed by atoms with E-state index in [-0.39, 0.29) is 24.2 Å². The quantitative estimate of drug-likeness (QED) is 0.815. The van der Waals surface area contributed by atoms with Crippen LogP contribution in [-0.2, 0) is 29.4 Å². The Morgan fingerprint density at radius 2 is 2.00 bits per heavy atom. The predicted molar refractivity (Wildman–Crippen MR) is 102 cm³/mol. The summed E-state index contributed by atoms with van der Waals surface area (Å²) >= 11 is 0. The molecule has 0 saturated heterocycles. The molecule has 3 rings (SSSR count). The molecule has 2 aromatic rings. The summed E-state index contributed by atoms with van der Waals surface area (Å²) in [7, 11) is -3.36.